The van der Waals surface area contributed by atoms with Gasteiger partial charge in [-0.3, -0.25) is 0 Å². The highest BCUT2D eigenvalue weighted by atomic mass is 32.2. The summed E-state index contributed by atoms with van der Waals surface area (Å²) in [6.07, 6.45) is 3.33. The van der Waals surface area contributed by atoms with Crippen LogP contribution in [-0.4, -0.2) is 50.2 Å². The Morgan fingerprint density at radius 3 is 2.48 bits per heavy atom. The van der Waals surface area contributed by atoms with E-state index >= 15 is 0 Å². The van der Waals surface area contributed by atoms with Gasteiger partial charge in [-0.1, -0.05) is 6.42 Å². The Bertz CT molecular complexity index is 456. The summed E-state index contributed by atoms with van der Waals surface area (Å²) in [7, 11) is -3.02. The topological polar surface area (TPSA) is 84.5 Å². The van der Waals surface area contributed by atoms with E-state index in [-0.39, 0.29) is 17.3 Å². The fourth-order valence-electron chi connectivity index (χ4n) is 2.56. The van der Waals surface area contributed by atoms with Crippen LogP contribution in [-0.2, 0) is 14.6 Å². The Morgan fingerprint density at radius 1 is 1.33 bits per heavy atom. The molecule has 0 saturated heterocycles. The molecule has 3 atom stereocenters. The van der Waals surface area contributed by atoms with Crippen molar-refractivity contribution in [2.45, 2.75) is 69.9 Å². The smallest absolute Gasteiger partial charge is 0.407 e. The van der Waals surface area contributed by atoms with Gasteiger partial charge in [-0.15, -0.1) is 0 Å². The first-order chi connectivity index (χ1) is 9.49. The molecule has 1 aliphatic rings. The second-order valence-electron chi connectivity index (χ2n) is 6.86. The summed E-state index contributed by atoms with van der Waals surface area (Å²) in [6.45, 7) is 7.82. The molecule has 0 heterocycles. The number of hydrogen-bond donors (Lipinski definition) is 2. The van der Waals surface area contributed by atoms with Gasteiger partial charge in [0.1, 0.15) is 5.60 Å². The summed E-state index contributed by atoms with van der Waals surface area (Å²) in [4.78, 5) is 11.6. The minimum absolute atomic E-state index is 0.0251. The lowest BCUT2D eigenvalue weighted by Gasteiger charge is -2.24. The number of nitrogens with one attached hydrogen (secondary N) is 2. The van der Waals surface area contributed by atoms with E-state index in [1.165, 1.54) is 6.26 Å². The maximum Gasteiger partial charge on any atom is 0.407 e. The third-order valence-electron chi connectivity index (χ3n) is 3.45. The zero-order valence-corrected chi connectivity index (χ0v) is 14.4. The van der Waals surface area contributed by atoms with Gasteiger partial charge in [0.2, 0.25) is 0 Å². The van der Waals surface area contributed by atoms with E-state index in [1.807, 2.05) is 27.7 Å². The molecule has 0 radical (unpaired) electrons. The van der Waals surface area contributed by atoms with Crippen molar-refractivity contribution in [3.63, 3.8) is 0 Å². The molecule has 1 amide bonds. The molecule has 0 aromatic carbocycles. The summed E-state index contributed by atoms with van der Waals surface area (Å²) >= 11 is 0. The van der Waals surface area contributed by atoms with Gasteiger partial charge in [0, 0.05) is 24.9 Å². The fraction of sp³-hybridized carbons (Fsp3) is 0.929. The van der Waals surface area contributed by atoms with Crippen molar-refractivity contribution in [2.75, 3.05) is 12.8 Å². The molecule has 0 aromatic rings. The number of carbonyl (C=O) groups is 1. The third-order valence-corrected chi connectivity index (χ3v) is 5.12. The molecule has 1 aliphatic carbocycles. The predicted molar refractivity (Wildman–Crippen MR) is 83.1 cm³/mol. The summed E-state index contributed by atoms with van der Waals surface area (Å²) < 4.78 is 28.6. The van der Waals surface area contributed by atoms with Crippen molar-refractivity contribution in [2.24, 2.45) is 0 Å². The predicted octanol–water partition coefficient (Wildman–Crippen LogP) is 1.45. The van der Waals surface area contributed by atoms with E-state index in [9.17, 15) is 13.2 Å². The largest absolute Gasteiger partial charge is 0.444 e. The van der Waals surface area contributed by atoms with Crippen molar-refractivity contribution in [3.8, 4) is 0 Å². The first kappa shape index (κ1) is 18.2. The van der Waals surface area contributed by atoms with Crippen molar-refractivity contribution < 1.29 is 17.9 Å². The number of carbonyl (C=O) groups excluding carboxylic acids is 1. The normalized spacial score (nSPS) is 24.6. The van der Waals surface area contributed by atoms with Crippen LogP contribution in [0.2, 0.25) is 0 Å². The maximum atomic E-state index is 11.7. The van der Waals surface area contributed by atoms with Gasteiger partial charge < -0.3 is 15.4 Å². The second kappa shape index (κ2) is 6.96. The van der Waals surface area contributed by atoms with Crippen LogP contribution in [0.25, 0.3) is 0 Å². The molecule has 1 saturated carbocycles. The quantitative estimate of drug-likeness (QED) is 0.801. The molecule has 2 N–H and O–H groups in total. The van der Waals surface area contributed by atoms with E-state index in [0.29, 0.717) is 13.0 Å². The molecule has 0 bridgehead atoms. The Labute approximate surface area is 127 Å². The molecular weight excluding hydrogens is 292 g/mol. The van der Waals surface area contributed by atoms with Crippen LogP contribution in [0, 0.1) is 0 Å². The zero-order chi connectivity index (χ0) is 16.3. The highest BCUT2D eigenvalue weighted by Gasteiger charge is 2.34. The summed E-state index contributed by atoms with van der Waals surface area (Å²) in [5.41, 5.74) is -0.524. The Kier molecular flexibility index (Phi) is 6.04. The molecule has 124 valence electrons. The van der Waals surface area contributed by atoms with Crippen LogP contribution in [0.15, 0.2) is 0 Å². The van der Waals surface area contributed by atoms with Crippen LogP contribution in [0.1, 0.15) is 47.0 Å². The van der Waals surface area contributed by atoms with Gasteiger partial charge in [-0.2, -0.15) is 0 Å². The first-order valence-corrected chi connectivity index (χ1v) is 9.36. The van der Waals surface area contributed by atoms with Gasteiger partial charge in [0.05, 0.1) is 5.25 Å². The van der Waals surface area contributed by atoms with Crippen LogP contribution >= 0.6 is 0 Å². The number of rotatable bonds is 5. The molecule has 3 unspecified atom stereocenters. The number of ether oxygens (including phenoxy) is 1. The van der Waals surface area contributed by atoms with Gasteiger partial charge in [0.25, 0.3) is 0 Å². The monoisotopic (exact) mass is 320 g/mol. The third kappa shape index (κ3) is 6.65. The molecule has 0 spiro atoms. The van der Waals surface area contributed by atoms with Crippen molar-refractivity contribution in [3.05, 3.63) is 0 Å². The van der Waals surface area contributed by atoms with E-state index in [2.05, 4.69) is 10.6 Å². The minimum atomic E-state index is -3.02. The molecule has 6 nitrogen and oxygen atoms in total. The van der Waals surface area contributed by atoms with Crippen LogP contribution in [0.3, 0.4) is 0 Å². The Morgan fingerprint density at radius 2 is 1.95 bits per heavy atom. The highest BCUT2D eigenvalue weighted by molar-refractivity contribution is 7.91. The number of hydrogen-bond acceptors (Lipinski definition) is 5. The molecule has 0 aliphatic heterocycles. The average Bonchev–Trinajstić information content (AvgIpc) is 2.70. The highest BCUT2D eigenvalue weighted by Crippen LogP contribution is 2.24. The van der Waals surface area contributed by atoms with E-state index in [1.54, 1.807) is 0 Å². The average molecular weight is 320 g/mol. The molecule has 7 heteroatoms. The lowest BCUT2D eigenvalue weighted by Crippen LogP contribution is -2.47. The standard InChI is InChI=1S/C14H28N2O4S/c1-10(16-13(17)20-14(2,3)4)9-15-11-7-6-8-12(11)21(5,18)19/h10-12,15H,6-9H2,1-5H3,(H,16,17). The van der Waals surface area contributed by atoms with Gasteiger partial charge >= 0.3 is 6.09 Å². The van der Waals surface area contributed by atoms with Crippen molar-refractivity contribution >= 4 is 15.9 Å². The Balaban J connectivity index is 2.39. The van der Waals surface area contributed by atoms with Crippen molar-refractivity contribution in [1.82, 2.24) is 10.6 Å². The van der Waals surface area contributed by atoms with E-state index in [4.69, 9.17) is 4.74 Å². The molecule has 21 heavy (non-hydrogen) atoms. The summed E-state index contributed by atoms with van der Waals surface area (Å²) in [5, 5.41) is 5.68. The summed E-state index contributed by atoms with van der Waals surface area (Å²) in [5.74, 6) is 0. The molecule has 1 rings (SSSR count). The first-order valence-electron chi connectivity index (χ1n) is 7.41. The minimum Gasteiger partial charge on any atom is -0.444 e. The van der Waals surface area contributed by atoms with Gasteiger partial charge in [-0.05, 0) is 40.5 Å². The number of sulfone groups is 1. The zero-order valence-electron chi connectivity index (χ0n) is 13.6. The number of amides is 1. The van der Waals surface area contributed by atoms with Crippen LogP contribution in [0.5, 0.6) is 0 Å². The van der Waals surface area contributed by atoms with E-state index in [0.717, 1.165) is 12.8 Å². The molecule has 1 fully saturated rings. The lowest BCUT2D eigenvalue weighted by molar-refractivity contribution is 0.0507. The number of alkyl carbamates (subject to hydrolysis) is 1. The van der Waals surface area contributed by atoms with Gasteiger partial charge in [0.15, 0.2) is 9.84 Å². The maximum absolute atomic E-state index is 11.7. The summed E-state index contributed by atoms with van der Waals surface area (Å²) in [6, 6.07) is -0.149. The van der Waals surface area contributed by atoms with E-state index < -0.39 is 21.5 Å². The molecular formula is C14H28N2O4S. The Hall–Kier alpha value is -0.820. The lowest BCUT2D eigenvalue weighted by atomic mass is 10.2. The van der Waals surface area contributed by atoms with Crippen LogP contribution in [0.4, 0.5) is 4.79 Å². The van der Waals surface area contributed by atoms with Crippen LogP contribution < -0.4 is 10.6 Å². The van der Waals surface area contributed by atoms with Gasteiger partial charge in [-0.25, -0.2) is 13.2 Å². The SMILES string of the molecule is CC(CNC1CCCC1S(C)(=O)=O)NC(=O)OC(C)(C)C. The van der Waals surface area contributed by atoms with Crippen molar-refractivity contribution in [1.29, 1.82) is 0 Å². The fourth-order valence-corrected chi connectivity index (χ4v) is 3.98. The second-order valence-corrected chi connectivity index (χ2v) is 9.13. The molecule has 0 aromatic heterocycles.